The average Bonchev–Trinajstić information content (AvgIpc) is 2.58. The minimum absolute atomic E-state index is 0.00482. The highest BCUT2D eigenvalue weighted by Crippen LogP contribution is 2.35. The lowest BCUT2D eigenvalue weighted by molar-refractivity contribution is -0.133. The van der Waals surface area contributed by atoms with Crippen molar-refractivity contribution in [3.8, 4) is 11.5 Å². The zero-order valence-electron chi connectivity index (χ0n) is 16.5. The zero-order chi connectivity index (χ0) is 21.6. The third-order valence-corrected chi connectivity index (χ3v) is 4.27. The molecule has 0 saturated heterocycles. The maximum atomic E-state index is 11.9. The van der Waals surface area contributed by atoms with Gasteiger partial charge in [0.1, 0.15) is 0 Å². The number of benzene rings is 2. The van der Waals surface area contributed by atoms with E-state index in [2.05, 4.69) is 0 Å². The number of hydrogen-bond acceptors (Lipinski definition) is 8. The second-order valence-corrected chi connectivity index (χ2v) is 7.58. The normalized spacial score (nSPS) is 10.8. The van der Waals surface area contributed by atoms with Gasteiger partial charge in [0.05, 0.1) is 18.0 Å². The van der Waals surface area contributed by atoms with E-state index in [0.29, 0.717) is 10.8 Å². The summed E-state index contributed by atoms with van der Waals surface area (Å²) in [6.07, 6.45) is -2.66. The van der Waals surface area contributed by atoms with E-state index in [1.165, 1.54) is 12.1 Å². The zero-order valence-corrected chi connectivity index (χ0v) is 17.3. The number of thioether (sulfide) groups is 1. The molecule has 0 heterocycles. The van der Waals surface area contributed by atoms with E-state index in [4.69, 9.17) is 24.1 Å². The monoisotopic (exact) mass is 422 g/mol. The van der Waals surface area contributed by atoms with Crippen molar-refractivity contribution in [2.24, 2.45) is 0 Å². The van der Waals surface area contributed by atoms with Crippen LogP contribution in [0.2, 0.25) is 0 Å². The van der Waals surface area contributed by atoms with E-state index in [1.54, 1.807) is 45.9 Å². The van der Waals surface area contributed by atoms with Gasteiger partial charge in [-0.1, -0.05) is 6.07 Å². The maximum Gasteiger partial charge on any atom is 0.514 e. The van der Waals surface area contributed by atoms with E-state index >= 15 is 0 Å². The van der Waals surface area contributed by atoms with Gasteiger partial charge >= 0.3 is 18.3 Å². The first kappa shape index (κ1) is 22.4. The van der Waals surface area contributed by atoms with E-state index in [-0.39, 0.29) is 23.4 Å². The Kier molecular flexibility index (Phi) is 7.72. The molecule has 29 heavy (non-hydrogen) atoms. The first-order chi connectivity index (χ1) is 13.6. The second-order valence-electron chi connectivity index (χ2n) is 6.53. The number of carboxylic acids is 1. The summed E-state index contributed by atoms with van der Waals surface area (Å²) in [5.41, 5.74) is 0. The predicted molar refractivity (Wildman–Crippen MR) is 107 cm³/mol. The van der Waals surface area contributed by atoms with Gasteiger partial charge in [-0.05, 0) is 62.7 Å². The van der Waals surface area contributed by atoms with Crippen LogP contribution < -0.4 is 9.47 Å². The Morgan fingerprint density at radius 1 is 0.862 bits per heavy atom. The van der Waals surface area contributed by atoms with Crippen molar-refractivity contribution in [1.82, 2.24) is 0 Å². The molecule has 0 atom stereocenters. The number of rotatable bonds is 7. The predicted octanol–water partition coefficient (Wildman–Crippen LogP) is 4.86. The summed E-state index contributed by atoms with van der Waals surface area (Å²) in [6, 6.07) is 8.29. The van der Waals surface area contributed by atoms with E-state index in [9.17, 15) is 14.4 Å². The van der Waals surface area contributed by atoms with E-state index in [1.807, 2.05) is 0 Å². The minimum Gasteiger partial charge on any atom is -0.481 e. The molecule has 0 spiro atoms. The standard InChI is InChI=1S/C20H22O8S/c1-11(2)25-19(23)27-16-8-13-5-6-15(29-10-18(21)22)7-14(13)9-17(16)28-20(24)26-12(3)4/h5-9,11-12H,10H2,1-4H3,(H,21,22). The van der Waals surface area contributed by atoms with Crippen LogP contribution in [0.3, 0.4) is 0 Å². The van der Waals surface area contributed by atoms with Crippen LogP contribution in [0, 0.1) is 0 Å². The minimum atomic E-state index is -0.946. The molecule has 156 valence electrons. The first-order valence-corrected chi connectivity index (χ1v) is 9.82. The molecule has 0 saturated carbocycles. The lowest BCUT2D eigenvalue weighted by atomic mass is 10.1. The molecule has 9 heteroatoms. The molecule has 1 N–H and O–H groups in total. The number of aliphatic carboxylic acids is 1. The summed E-state index contributed by atoms with van der Waals surface area (Å²) in [7, 11) is 0. The van der Waals surface area contributed by atoms with Crippen molar-refractivity contribution in [3.05, 3.63) is 30.3 Å². The van der Waals surface area contributed by atoms with Gasteiger partial charge in [-0.2, -0.15) is 0 Å². The largest absolute Gasteiger partial charge is 0.514 e. The highest BCUT2D eigenvalue weighted by atomic mass is 32.2. The molecule has 8 nitrogen and oxygen atoms in total. The third kappa shape index (κ3) is 7.19. The lowest BCUT2D eigenvalue weighted by Crippen LogP contribution is -2.18. The summed E-state index contributed by atoms with van der Waals surface area (Å²) in [6.45, 7) is 6.70. The topological polar surface area (TPSA) is 108 Å². The molecule has 2 rings (SSSR count). The summed E-state index contributed by atoms with van der Waals surface area (Å²) < 4.78 is 20.4. The summed E-state index contributed by atoms with van der Waals surface area (Å²) in [4.78, 5) is 35.3. The van der Waals surface area contributed by atoms with Crippen LogP contribution in [0.1, 0.15) is 27.7 Å². The van der Waals surface area contributed by atoms with Crippen molar-refractivity contribution in [3.63, 3.8) is 0 Å². The molecule has 0 unspecified atom stereocenters. The lowest BCUT2D eigenvalue weighted by Gasteiger charge is -2.14. The number of ether oxygens (including phenoxy) is 4. The molecule has 0 amide bonds. The number of carboxylic acid groups (broad SMARTS) is 1. The van der Waals surface area contributed by atoms with Gasteiger partial charge in [0.2, 0.25) is 0 Å². The molecule has 2 aromatic carbocycles. The molecule has 0 aliphatic rings. The van der Waals surface area contributed by atoms with Crippen molar-refractivity contribution in [2.75, 3.05) is 5.75 Å². The van der Waals surface area contributed by atoms with Crippen molar-refractivity contribution in [2.45, 2.75) is 44.8 Å². The fraction of sp³-hybridized carbons (Fsp3) is 0.350. The molecule has 0 aliphatic carbocycles. The van der Waals surface area contributed by atoms with Crippen LogP contribution >= 0.6 is 11.8 Å². The highest BCUT2D eigenvalue weighted by Gasteiger charge is 2.18. The van der Waals surface area contributed by atoms with Crippen LogP contribution in [0.4, 0.5) is 9.59 Å². The van der Waals surface area contributed by atoms with Crippen LogP contribution in [-0.4, -0.2) is 41.3 Å². The Balaban J connectivity index is 2.38. The molecule has 0 fully saturated rings. The van der Waals surface area contributed by atoms with Crippen LogP contribution in [0.15, 0.2) is 35.2 Å². The Hall–Kier alpha value is -2.94. The summed E-state index contributed by atoms with van der Waals surface area (Å²) in [5, 5.41) is 10.2. The second kappa shape index (κ2) is 10.0. The maximum absolute atomic E-state index is 11.9. The third-order valence-electron chi connectivity index (χ3n) is 3.29. The number of carbonyl (C=O) groups is 3. The fourth-order valence-electron chi connectivity index (χ4n) is 2.24. The summed E-state index contributed by atoms with van der Waals surface area (Å²) in [5.74, 6) is -1.04. The number of hydrogen-bond donors (Lipinski definition) is 1. The molecule has 0 radical (unpaired) electrons. The Bertz CT molecular complexity index is 907. The quantitative estimate of drug-likeness (QED) is 0.380. The Labute approximate surface area is 172 Å². The van der Waals surface area contributed by atoms with Gasteiger partial charge in [0.25, 0.3) is 0 Å². The van der Waals surface area contributed by atoms with Gasteiger partial charge in [0.15, 0.2) is 11.5 Å². The Morgan fingerprint density at radius 3 is 1.86 bits per heavy atom. The van der Waals surface area contributed by atoms with Gasteiger partial charge in [0, 0.05) is 4.90 Å². The van der Waals surface area contributed by atoms with Gasteiger partial charge in [-0.15, -0.1) is 11.8 Å². The van der Waals surface area contributed by atoms with Gasteiger partial charge in [-0.3, -0.25) is 4.79 Å². The molecule has 0 aliphatic heterocycles. The molecular weight excluding hydrogens is 400 g/mol. The average molecular weight is 422 g/mol. The molecular formula is C20H22O8S. The number of carbonyl (C=O) groups excluding carboxylic acids is 2. The molecule has 2 aromatic rings. The summed E-state index contributed by atoms with van der Waals surface area (Å²) >= 11 is 1.16. The van der Waals surface area contributed by atoms with Crippen LogP contribution in [0.25, 0.3) is 10.8 Å². The molecule has 0 bridgehead atoms. The van der Waals surface area contributed by atoms with Gasteiger partial charge < -0.3 is 24.1 Å². The van der Waals surface area contributed by atoms with Crippen molar-refractivity contribution in [1.29, 1.82) is 0 Å². The van der Waals surface area contributed by atoms with E-state index < -0.39 is 24.4 Å². The van der Waals surface area contributed by atoms with Gasteiger partial charge in [-0.25, -0.2) is 9.59 Å². The van der Waals surface area contributed by atoms with Crippen LogP contribution in [0.5, 0.6) is 11.5 Å². The first-order valence-electron chi connectivity index (χ1n) is 8.83. The molecule has 0 aromatic heterocycles. The van der Waals surface area contributed by atoms with Crippen LogP contribution in [-0.2, 0) is 14.3 Å². The fourth-order valence-corrected chi connectivity index (χ4v) is 2.91. The Morgan fingerprint density at radius 2 is 1.38 bits per heavy atom. The van der Waals surface area contributed by atoms with Crippen molar-refractivity contribution >= 4 is 40.8 Å². The number of fused-ring (bicyclic) bond motifs is 1. The van der Waals surface area contributed by atoms with E-state index in [0.717, 1.165) is 16.7 Å². The van der Waals surface area contributed by atoms with Crippen molar-refractivity contribution < 1.29 is 38.4 Å². The SMILES string of the molecule is CC(C)OC(=O)Oc1cc2ccc(SCC(=O)O)cc2cc1OC(=O)OC(C)C. The smallest absolute Gasteiger partial charge is 0.481 e. The highest BCUT2D eigenvalue weighted by molar-refractivity contribution is 8.00.